The number of hydrogen-bond donors (Lipinski definition) is 2. The van der Waals surface area contributed by atoms with Crippen LogP contribution in [-0.4, -0.2) is 44.6 Å². The lowest BCUT2D eigenvalue weighted by molar-refractivity contribution is 0.572. The van der Waals surface area contributed by atoms with Gasteiger partial charge in [-0.1, -0.05) is 12.1 Å². The molecule has 0 atom stereocenters. The fraction of sp³-hybridized carbons (Fsp3) is 0.500. The van der Waals surface area contributed by atoms with Crippen molar-refractivity contribution < 1.29 is 8.42 Å². The summed E-state index contributed by atoms with van der Waals surface area (Å²) in [5.41, 5.74) is 1.66. The molecule has 2 N–H and O–H groups in total. The summed E-state index contributed by atoms with van der Waals surface area (Å²) in [4.78, 5) is 11.6. The largest absolute Gasteiger partial charge is 0.369 e. The molecule has 0 aliphatic carbocycles. The fourth-order valence-corrected chi connectivity index (χ4v) is 4.74. The maximum Gasteiger partial charge on any atom is 0.240 e. The third-order valence-electron chi connectivity index (χ3n) is 4.86. The number of aryl methyl sites for hydroxylation is 3. The average Bonchev–Trinajstić information content (AvgIpc) is 2.67. The molecule has 1 saturated heterocycles. The first-order valence-corrected chi connectivity index (χ1v) is 11.2. The highest BCUT2D eigenvalue weighted by molar-refractivity contribution is 7.89. The summed E-state index contributed by atoms with van der Waals surface area (Å²) in [7, 11) is -3.53. The van der Waals surface area contributed by atoms with Crippen LogP contribution in [0, 0.1) is 20.8 Å². The van der Waals surface area contributed by atoms with Gasteiger partial charge in [0.15, 0.2) is 0 Å². The molecule has 152 valence electrons. The highest BCUT2D eigenvalue weighted by Crippen LogP contribution is 2.20. The molecule has 1 aromatic carbocycles. The molecule has 28 heavy (non-hydrogen) atoms. The predicted octanol–water partition coefficient (Wildman–Crippen LogP) is 2.78. The van der Waals surface area contributed by atoms with Crippen LogP contribution in [0.4, 0.5) is 11.6 Å². The van der Waals surface area contributed by atoms with Crippen LogP contribution in [0.1, 0.15) is 36.2 Å². The Bertz CT molecular complexity index is 924. The van der Waals surface area contributed by atoms with Gasteiger partial charge in [0, 0.05) is 32.2 Å². The quantitative estimate of drug-likeness (QED) is 0.691. The van der Waals surface area contributed by atoms with E-state index in [1.165, 1.54) is 19.3 Å². The highest BCUT2D eigenvalue weighted by Gasteiger charge is 2.17. The Morgan fingerprint density at radius 3 is 2.50 bits per heavy atom. The van der Waals surface area contributed by atoms with Crippen LogP contribution in [0.15, 0.2) is 29.2 Å². The van der Waals surface area contributed by atoms with Gasteiger partial charge in [-0.3, -0.25) is 0 Å². The third-order valence-corrected chi connectivity index (χ3v) is 6.46. The number of piperidine rings is 1. The summed E-state index contributed by atoms with van der Waals surface area (Å²) in [6.07, 6.45) is 3.64. The average molecular weight is 404 g/mol. The van der Waals surface area contributed by atoms with E-state index < -0.39 is 10.0 Å². The van der Waals surface area contributed by atoms with Gasteiger partial charge in [0.2, 0.25) is 10.0 Å². The maximum atomic E-state index is 12.6. The molecule has 1 aromatic heterocycles. The van der Waals surface area contributed by atoms with Gasteiger partial charge in [-0.2, -0.15) is 0 Å². The second-order valence-corrected chi connectivity index (χ2v) is 9.04. The van der Waals surface area contributed by atoms with E-state index in [2.05, 4.69) is 24.9 Å². The van der Waals surface area contributed by atoms with Gasteiger partial charge in [-0.15, -0.1) is 0 Å². The molecule has 2 aromatic rings. The molecule has 3 rings (SSSR count). The molecule has 0 unspecified atom stereocenters. The van der Waals surface area contributed by atoms with E-state index >= 15 is 0 Å². The van der Waals surface area contributed by atoms with Crippen LogP contribution in [-0.2, 0) is 10.0 Å². The van der Waals surface area contributed by atoms with Crippen molar-refractivity contribution in [1.29, 1.82) is 0 Å². The molecule has 0 spiro atoms. The molecule has 1 aliphatic rings. The van der Waals surface area contributed by atoms with Gasteiger partial charge in [0.25, 0.3) is 0 Å². The minimum atomic E-state index is -3.53. The van der Waals surface area contributed by atoms with Crippen molar-refractivity contribution in [3.05, 3.63) is 41.2 Å². The summed E-state index contributed by atoms with van der Waals surface area (Å²) < 4.78 is 27.8. The lowest BCUT2D eigenvalue weighted by Crippen LogP contribution is -2.31. The lowest BCUT2D eigenvalue weighted by atomic mass is 10.1. The zero-order valence-electron chi connectivity index (χ0n) is 16.8. The molecule has 8 heteroatoms. The van der Waals surface area contributed by atoms with Crippen LogP contribution >= 0.6 is 0 Å². The zero-order valence-corrected chi connectivity index (χ0v) is 17.6. The Morgan fingerprint density at radius 1 is 1.00 bits per heavy atom. The molecule has 0 bridgehead atoms. The normalized spacial score (nSPS) is 14.9. The number of nitrogens with zero attached hydrogens (tertiary/aromatic N) is 3. The van der Waals surface area contributed by atoms with Crippen LogP contribution < -0.4 is 14.9 Å². The first-order valence-electron chi connectivity index (χ1n) is 9.76. The second kappa shape index (κ2) is 8.87. The standard InChI is InChI=1S/C20H29N5O2S/c1-15-7-8-16(2)18(13-15)28(26,27)22-10-9-21-19-14-20(24-17(3)23-19)25-11-5-4-6-12-25/h7-8,13-14,22H,4-6,9-12H2,1-3H3,(H,21,23,24). The van der Waals surface area contributed by atoms with Crippen LogP contribution in [0.3, 0.4) is 0 Å². The van der Waals surface area contributed by atoms with Crippen LogP contribution in [0.5, 0.6) is 0 Å². The Kier molecular flexibility index (Phi) is 6.51. The van der Waals surface area contributed by atoms with E-state index in [-0.39, 0.29) is 6.54 Å². The van der Waals surface area contributed by atoms with Gasteiger partial charge in [-0.25, -0.2) is 23.1 Å². The molecule has 0 saturated carbocycles. The van der Waals surface area contributed by atoms with Gasteiger partial charge >= 0.3 is 0 Å². The second-order valence-electron chi connectivity index (χ2n) is 7.30. The van der Waals surface area contributed by atoms with E-state index in [0.717, 1.165) is 35.9 Å². The fourth-order valence-electron chi connectivity index (χ4n) is 3.38. The zero-order chi connectivity index (χ0) is 20.1. The molecule has 1 aliphatic heterocycles. The monoisotopic (exact) mass is 403 g/mol. The predicted molar refractivity (Wildman–Crippen MR) is 112 cm³/mol. The van der Waals surface area contributed by atoms with Crippen molar-refractivity contribution >= 4 is 21.7 Å². The Hall–Kier alpha value is -2.19. The summed E-state index contributed by atoms with van der Waals surface area (Å²) in [6, 6.07) is 7.38. The van der Waals surface area contributed by atoms with Crippen molar-refractivity contribution in [1.82, 2.24) is 14.7 Å². The topological polar surface area (TPSA) is 87.2 Å². The number of anilines is 2. The van der Waals surface area contributed by atoms with Gasteiger partial charge < -0.3 is 10.2 Å². The Labute approximate surface area is 167 Å². The number of hydrogen-bond acceptors (Lipinski definition) is 6. The Morgan fingerprint density at radius 2 is 1.75 bits per heavy atom. The molecule has 2 heterocycles. The summed E-state index contributed by atoms with van der Waals surface area (Å²) in [6.45, 7) is 8.33. The van der Waals surface area contributed by atoms with Gasteiger partial charge in [0.05, 0.1) is 4.90 Å². The number of sulfonamides is 1. The minimum Gasteiger partial charge on any atom is -0.369 e. The Balaban J connectivity index is 1.59. The van der Waals surface area contributed by atoms with E-state index in [4.69, 9.17) is 0 Å². The number of benzene rings is 1. The summed E-state index contributed by atoms with van der Waals surface area (Å²) in [5.74, 6) is 2.37. The summed E-state index contributed by atoms with van der Waals surface area (Å²) in [5, 5.41) is 3.21. The molecule has 7 nitrogen and oxygen atoms in total. The van der Waals surface area contributed by atoms with E-state index in [9.17, 15) is 8.42 Å². The van der Waals surface area contributed by atoms with Gasteiger partial charge in [-0.05, 0) is 57.2 Å². The maximum absolute atomic E-state index is 12.6. The highest BCUT2D eigenvalue weighted by atomic mass is 32.2. The van der Waals surface area contributed by atoms with E-state index in [1.807, 2.05) is 32.0 Å². The minimum absolute atomic E-state index is 0.276. The van der Waals surface area contributed by atoms with Crippen molar-refractivity contribution in [3.63, 3.8) is 0 Å². The van der Waals surface area contributed by atoms with Crippen LogP contribution in [0.25, 0.3) is 0 Å². The van der Waals surface area contributed by atoms with Crippen molar-refractivity contribution in [3.8, 4) is 0 Å². The number of nitrogens with one attached hydrogen (secondary N) is 2. The third kappa shape index (κ3) is 5.20. The first-order chi connectivity index (χ1) is 13.3. The van der Waals surface area contributed by atoms with Crippen LogP contribution in [0.2, 0.25) is 0 Å². The lowest BCUT2D eigenvalue weighted by Gasteiger charge is -2.28. The first kappa shape index (κ1) is 20.5. The molecular weight excluding hydrogens is 374 g/mol. The van der Waals surface area contributed by atoms with E-state index in [0.29, 0.717) is 17.3 Å². The van der Waals surface area contributed by atoms with Crippen molar-refractivity contribution in [2.75, 3.05) is 36.4 Å². The summed E-state index contributed by atoms with van der Waals surface area (Å²) >= 11 is 0. The van der Waals surface area contributed by atoms with E-state index in [1.54, 1.807) is 13.0 Å². The molecule has 1 fully saturated rings. The molecule has 0 amide bonds. The number of aromatic nitrogens is 2. The van der Waals surface area contributed by atoms with Crippen molar-refractivity contribution in [2.24, 2.45) is 0 Å². The van der Waals surface area contributed by atoms with Gasteiger partial charge in [0.1, 0.15) is 17.5 Å². The molecular formula is C20H29N5O2S. The molecule has 0 radical (unpaired) electrons. The SMILES string of the molecule is Cc1ccc(C)c(S(=O)(=O)NCCNc2cc(N3CCCCC3)nc(C)n2)c1. The smallest absolute Gasteiger partial charge is 0.240 e. The number of rotatable bonds is 7. The van der Waals surface area contributed by atoms with Crippen molar-refractivity contribution in [2.45, 2.75) is 44.9 Å².